The van der Waals surface area contributed by atoms with Crippen LogP contribution in [0.2, 0.25) is 0 Å². The molecule has 0 bridgehead atoms. The minimum absolute atomic E-state index is 0.340. The molecule has 5 heteroatoms. The second-order valence-electron chi connectivity index (χ2n) is 11.1. The average Bonchev–Trinajstić information content (AvgIpc) is 3.03. The lowest BCUT2D eigenvalue weighted by Gasteiger charge is -2.42. The van der Waals surface area contributed by atoms with Gasteiger partial charge in [-0.05, 0) is 62.2 Å². The van der Waals surface area contributed by atoms with Gasteiger partial charge in [-0.15, -0.1) is 0 Å². The van der Waals surface area contributed by atoms with E-state index in [1.54, 1.807) is 6.08 Å². The van der Waals surface area contributed by atoms with E-state index in [2.05, 4.69) is 27.7 Å². The summed E-state index contributed by atoms with van der Waals surface area (Å²) >= 11 is 0. The molecule has 2 aliphatic rings. The minimum Gasteiger partial charge on any atom is -0.380 e. The Morgan fingerprint density at radius 3 is 2.31 bits per heavy atom. The van der Waals surface area contributed by atoms with Crippen molar-refractivity contribution in [2.75, 3.05) is 0 Å². The van der Waals surface area contributed by atoms with Crippen LogP contribution in [0.1, 0.15) is 112 Å². The van der Waals surface area contributed by atoms with Gasteiger partial charge in [-0.25, -0.2) is 0 Å². The normalized spacial score (nSPS) is 28.9. The van der Waals surface area contributed by atoms with E-state index in [-0.39, 0.29) is 6.42 Å². The number of alkyl halides is 3. The first-order valence-corrected chi connectivity index (χ1v) is 12.7. The molecule has 0 heterocycles. The predicted octanol–water partition coefficient (Wildman–Crippen LogP) is 8.28. The molecule has 2 nitrogen and oxygen atoms in total. The zero-order valence-electron chi connectivity index (χ0n) is 21.2. The summed E-state index contributed by atoms with van der Waals surface area (Å²) in [4.78, 5) is 12.2. The van der Waals surface area contributed by atoms with Crippen molar-refractivity contribution in [3.8, 4) is 0 Å². The van der Waals surface area contributed by atoms with Crippen molar-refractivity contribution in [1.29, 1.82) is 0 Å². The fourth-order valence-corrected chi connectivity index (χ4v) is 5.72. The smallest absolute Gasteiger partial charge is 0.380 e. The van der Waals surface area contributed by atoms with E-state index in [4.69, 9.17) is 5.11 Å². The molecular formula is C27H47F3O2. The maximum absolute atomic E-state index is 12.2. The SMILES string of the molecule is CC(C)CCCCC(C)[C@H]1CCC2C(=O)CCCC21C.CC/C=C\CC(C)(O)C(F)(F)F. The molecule has 0 saturated heterocycles. The predicted molar refractivity (Wildman–Crippen MR) is 126 cm³/mol. The molecule has 0 aromatic heterocycles. The van der Waals surface area contributed by atoms with Gasteiger partial charge in [0, 0.05) is 18.8 Å². The Kier molecular flexibility index (Phi) is 11.5. The molecule has 0 aromatic rings. The second-order valence-corrected chi connectivity index (χ2v) is 11.1. The van der Waals surface area contributed by atoms with Gasteiger partial charge in [-0.2, -0.15) is 13.2 Å². The molecule has 0 aliphatic heterocycles. The summed E-state index contributed by atoms with van der Waals surface area (Å²) in [6, 6.07) is 0. The highest BCUT2D eigenvalue weighted by Crippen LogP contribution is 2.57. The molecule has 0 aromatic carbocycles. The summed E-state index contributed by atoms with van der Waals surface area (Å²) in [6.45, 7) is 12.1. The Balaban J connectivity index is 0.000000368. The first kappa shape index (κ1) is 29.2. The maximum atomic E-state index is 12.2. The fourth-order valence-electron chi connectivity index (χ4n) is 5.72. The molecule has 4 unspecified atom stereocenters. The van der Waals surface area contributed by atoms with Crippen molar-refractivity contribution in [3.63, 3.8) is 0 Å². The number of Topliss-reactive ketones (excluding diaryl/α,β-unsaturated/α-hetero) is 1. The average molecular weight is 461 g/mol. The maximum Gasteiger partial charge on any atom is 0.417 e. The molecule has 1 N–H and O–H groups in total. The van der Waals surface area contributed by atoms with Gasteiger partial charge >= 0.3 is 6.18 Å². The molecule has 2 rings (SSSR count). The Hall–Kier alpha value is -0.840. The van der Waals surface area contributed by atoms with E-state index in [0.717, 1.165) is 37.5 Å². The van der Waals surface area contributed by atoms with E-state index < -0.39 is 11.8 Å². The van der Waals surface area contributed by atoms with Gasteiger partial charge < -0.3 is 5.11 Å². The number of halogens is 3. The summed E-state index contributed by atoms with van der Waals surface area (Å²) in [7, 11) is 0. The number of carbonyl (C=O) groups excluding carboxylic acids is 1. The van der Waals surface area contributed by atoms with Crippen LogP contribution >= 0.6 is 0 Å². The largest absolute Gasteiger partial charge is 0.417 e. The number of aliphatic hydroxyl groups is 1. The van der Waals surface area contributed by atoms with Crippen LogP contribution in [0.15, 0.2) is 12.2 Å². The van der Waals surface area contributed by atoms with E-state index in [1.165, 1.54) is 51.0 Å². The molecule has 2 aliphatic carbocycles. The van der Waals surface area contributed by atoms with Crippen LogP contribution in [0.25, 0.3) is 0 Å². The first-order valence-electron chi connectivity index (χ1n) is 12.7. The van der Waals surface area contributed by atoms with Crippen molar-refractivity contribution in [2.24, 2.45) is 29.1 Å². The highest BCUT2D eigenvalue weighted by molar-refractivity contribution is 5.83. The van der Waals surface area contributed by atoms with Gasteiger partial charge in [0.2, 0.25) is 0 Å². The standard InChI is InChI=1S/C19H34O.C8H13F3O/c1-14(2)8-5-6-9-15(3)16-11-12-17-18(20)10-7-13-19(16,17)4;1-3-4-5-6-7(2,12)8(9,10)11/h14-17H,5-13H2,1-4H3;4-5,12H,3,6H2,1-2H3/b;5-4-/t15?,16-,17?,19?;/m1./s1. The van der Waals surface area contributed by atoms with Crippen molar-refractivity contribution in [2.45, 2.75) is 124 Å². The number of unbranched alkanes of at least 4 members (excludes halogenated alkanes) is 1. The van der Waals surface area contributed by atoms with Gasteiger partial charge in [0.1, 0.15) is 5.78 Å². The fraction of sp³-hybridized carbons (Fsp3) is 0.889. The van der Waals surface area contributed by atoms with Crippen LogP contribution in [0.5, 0.6) is 0 Å². The van der Waals surface area contributed by atoms with Gasteiger partial charge in [0.05, 0.1) is 0 Å². The van der Waals surface area contributed by atoms with Crippen LogP contribution in [0.4, 0.5) is 13.2 Å². The number of hydrogen-bond donors (Lipinski definition) is 1. The number of ketones is 1. The van der Waals surface area contributed by atoms with Crippen LogP contribution < -0.4 is 0 Å². The molecule has 5 atom stereocenters. The van der Waals surface area contributed by atoms with Gasteiger partial charge in [0.15, 0.2) is 5.60 Å². The van der Waals surface area contributed by atoms with Crippen molar-refractivity contribution in [1.82, 2.24) is 0 Å². The van der Waals surface area contributed by atoms with Crippen LogP contribution in [-0.4, -0.2) is 22.7 Å². The summed E-state index contributed by atoms with van der Waals surface area (Å²) < 4.78 is 35.9. The molecular weight excluding hydrogens is 413 g/mol. The van der Waals surface area contributed by atoms with Crippen LogP contribution in [0, 0.1) is 29.1 Å². The summed E-state index contributed by atoms with van der Waals surface area (Å²) in [5.74, 6) is 3.43. The molecule has 0 spiro atoms. The Bertz CT molecular complexity index is 594. The van der Waals surface area contributed by atoms with E-state index in [9.17, 15) is 18.0 Å². The number of rotatable bonds is 9. The lowest BCUT2D eigenvalue weighted by Crippen LogP contribution is -2.41. The summed E-state index contributed by atoms with van der Waals surface area (Å²) in [6.07, 6.45) is 9.95. The van der Waals surface area contributed by atoms with E-state index >= 15 is 0 Å². The molecule has 0 radical (unpaired) electrons. The van der Waals surface area contributed by atoms with Crippen molar-refractivity contribution in [3.05, 3.63) is 12.2 Å². The number of hydrogen-bond acceptors (Lipinski definition) is 2. The van der Waals surface area contributed by atoms with Gasteiger partial charge in [0.25, 0.3) is 0 Å². The molecule has 188 valence electrons. The summed E-state index contributed by atoms with van der Waals surface area (Å²) in [5, 5.41) is 8.90. The van der Waals surface area contributed by atoms with E-state index in [1.807, 2.05) is 6.92 Å². The van der Waals surface area contributed by atoms with E-state index in [0.29, 0.717) is 23.5 Å². The zero-order chi connectivity index (χ0) is 24.6. The highest BCUT2D eigenvalue weighted by Gasteiger charge is 2.52. The van der Waals surface area contributed by atoms with Crippen molar-refractivity contribution < 1.29 is 23.1 Å². The second kappa shape index (κ2) is 12.6. The lowest BCUT2D eigenvalue weighted by atomic mass is 9.62. The minimum atomic E-state index is -4.55. The number of allylic oxidation sites excluding steroid dienone is 1. The molecule has 2 fully saturated rings. The van der Waals surface area contributed by atoms with Gasteiger partial charge in [-0.3, -0.25) is 4.79 Å². The molecule has 0 amide bonds. The summed E-state index contributed by atoms with van der Waals surface area (Å²) in [5.41, 5.74) is -2.26. The molecule has 2 saturated carbocycles. The topological polar surface area (TPSA) is 37.3 Å². The van der Waals surface area contributed by atoms with Crippen molar-refractivity contribution >= 4 is 5.78 Å². The highest BCUT2D eigenvalue weighted by atomic mass is 19.4. The molecule has 32 heavy (non-hydrogen) atoms. The Morgan fingerprint density at radius 1 is 1.12 bits per heavy atom. The first-order chi connectivity index (χ1) is 14.8. The lowest BCUT2D eigenvalue weighted by molar-refractivity contribution is -0.251. The van der Waals surface area contributed by atoms with Crippen LogP contribution in [0.3, 0.4) is 0 Å². The number of fused-ring (bicyclic) bond motifs is 1. The number of carbonyl (C=O) groups is 1. The quantitative estimate of drug-likeness (QED) is 0.278. The third kappa shape index (κ3) is 8.18. The third-order valence-electron chi connectivity index (χ3n) is 7.84. The Labute approximate surface area is 194 Å². The Morgan fingerprint density at radius 2 is 1.75 bits per heavy atom. The monoisotopic (exact) mass is 460 g/mol. The third-order valence-corrected chi connectivity index (χ3v) is 7.84. The van der Waals surface area contributed by atoms with Gasteiger partial charge in [-0.1, -0.05) is 72.5 Å². The van der Waals surface area contributed by atoms with Crippen LogP contribution in [-0.2, 0) is 4.79 Å². The zero-order valence-corrected chi connectivity index (χ0v) is 21.2.